The number of amides is 2. The molecular formula is C15H20ClN3O. The summed E-state index contributed by atoms with van der Waals surface area (Å²) < 4.78 is 0. The lowest BCUT2D eigenvalue weighted by atomic mass is 10.0. The molecule has 1 aliphatic heterocycles. The number of carbonyl (C=O) groups excluding carboxylic acids is 1. The van der Waals surface area contributed by atoms with Gasteiger partial charge < -0.3 is 16.0 Å². The number of nitrogens with two attached hydrogens (primary N) is 1. The van der Waals surface area contributed by atoms with Crippen molar-refractivity contribution in [3.63, 3.8) is 0 Å². The van der Waals surface area contributed by atoms with E-state index in [1.165, 1.54) is 5.56 Å². The Morgan fingerprint density at radius 2 is 2.10 bits per heavy atom. The Hall–Kier alpha value is -1.26. The first kappa shape index (κ1) is 13.7. The number of nitrogens with zero attached hydrogens (tertiary/aromatic N) is 1. The molecule has 0 radical (unpaired) electrons. The molecule has 2 fully saturated rings. The number of urea groups is 1. The summed E-state index contributed by atoms with van der Waals surface area (Å²) in [6, 6.07) is 8.01. The first-order valence-corrected chi connectivity index (χ1v) is 7.51. The van der Waals surface area contributed by atoms with Gasteiger partial charge in [-0.25, -0.2) is 4.79 Å². The number of hydrogen-bond acceptors (Lipinski definition) is 2. The predicted octanol–water partition coefficient (Wildman–Crippen LogP) is 2.16. The van der Waals surface area contributed by atoms with E-state index in [0.717, 1.165) is 37.3 Å². The van der Waals surface area contributed by atoms with Crippen LogP contribution in [0.1, 0.15) is 24.8 Å². The third kappa shape index (κ3) is 3.07. The van der Waals surface area contributed by atoms with E-state index in [9.17, 15) is 4.79 Å². The van der Waals surface area contributed by atoms with Crippen molar-refractivity contribution in [2.75, 3.05) is 13.1 Å². The maximum Gasteiger partial charge on any atom is 0.317 e. The summed E-state index contributed by atoms with van der Waals surface area (Å²) in [5.74, 6) is 0. The van der Waals surface area contributed by atoms with E-state index < -0.39 is 0 Å². The fourth-order valence-electron chi connectivity index (χ4n) is 2.77. The van der Waals surface area contributed by atoms with Crippen molar-refractivity contribution >= 4 is 17.6 Å². The molecule has 108 valence electrons. The van der Waals surface area contributed by atoms with Crippen LogP contribution < -0.4 is 11.1 Å². The summed E-state index contributed by atoms with van der Waals surface area (Å²) in [7, 11) is 0. The highest BCUT2D eigenvalue weighted by Crippen LogP contribution is 2.39. The summed E-state index contributed by atoms with van der Waals surface area (Å²) in [6.07, 6.45) is 3.86. The molecule has 4 nitrogen and oxygen atoms in total. The van der Waals surface area contributed by atoms with Gasteiger partial charge in [-0.1, -0.05) is 23.7 Å². The van der Waals surface area contributed by atoms with Gasteiger partial charge in [0.2, 0.25) is 0 Å². The molecule has 3 N–H and O–H groups in total. The molecule has 1 aromatic rings. The van der Waals surface area contributed by atoms with E-state index in [1.54, 1.807) is 0 Å². The Balaban J connectivity index is 1.59. The fourth-order valence-corrected chi connectivity index (χ4v) is 2.89. The van der Waals surface area contributed by atoms with Crippen LogP contribution in [0.4, 0.5) is 4.79 Å². The Labute approximate surface area is 124 Å². The number of hydrogen-bond donors (Lipinski definition) is 2. The molecular weight excluding hydrogens is 274 g/mol. The molecule has 2 amide bonds. The van der Waals surface area contributed by atoms with Gasteiger partial charge >= 0.3 is 6.03 Å². The van der Waals surface area contributed by atoms with Crippen molar-refractivity contribution < 1.29 is 4.79 Å². The van der Waals surface area contributed by atoms with Crippen molar-refractivity contribution in [3.8, 4) is 0 Å². The molecule has 1 saturated carbocycles. The number of nitrogens with one attached hydrogen (secondary N) is 1. The predicted molar refractivity (Wildman–Crippen MR) is 79.8 cm³/mol. The second-order valence-electron chi connectivity index (χ2n) is 6.01. The van der Waals surface area contributed by atoms with Crippen LogP contribution in [0.3, 0.4) is 0 Å². The second kappa shape index (κ2) is 5.26. The van der Waals surface area contributed by atoms with E-state index in [1.807, 2.05) is 29.2 Å². The molecule has 2 aliphatic rings. The molecule has 1 atom stereocenters. The van der Waals surface area contributed by atoms with Crippen LogP contribution in [-0.4, -0.2) is 35.6 Å². The minimum absolute atomic E-state index is 0.0319. The topological polar surface area (TPSA) is 58.4 Å². The van der Waals surface area contributed by atoms with Gasteiger partial charge in [-0.2, -0.15) is 0 Å². The lowest BCUT2D eigenvalue weighted by Crippen LogP contribution is -2.46. The van der Waals surface area contributed by atoms with Crippen molar-refractivity contribution in [2.45, 2.75) is 37.3 Å². The maximum absolute atomic E-state index is 12.2. The van der Waals surface area contributed by atoms with E-state index in [4.69, 9.17) is 17.3 Å². The maximum atomic E-state index is 12.2. The lowest BCUT2D eigenvalue weighted by molar-refractivity contribution is 0.202. The highest BCUT2D eigenvalue weighted by Gasteiger charge is 2.45. The molecule has 1 unspecified atom stereocenters. The van der Waals surface area contributed by atoms with E-state index in [-0.39, 0.29) is 17.6 Å². The van der Waals surface area contributed by atoms with Crippen molar-refractivity contribution in [1.29, 1.82) is 0 Å². The highest BCUT2D eigenvalue weighted by molar-refractivity contribution is 6.30. The first-order valence-electron chi connectivity index (χ1n) is 7.13. The van der Waals surface area contributed by atoms with Crippen LogP contribution in [0, 0.1) is 0 Å². The van der Waals surface area contributed by atoms with Gasteiger partial charge in [-0.05, 0) is 43.4 Å². The molecule has 0 bridgehead atoms. The minimum Gasteiger partial charge on any atom is -0.332 e. The SMILES string of the molecule is NC1CCN(C(=O)NC2(Cc3ccc(Cl)cc3)CC2)C1. The van der Waals surface area contributed by atoms with Crippen LogP contribution in [0.25, 0.3) is 0 Å². The summed E-state index contributed by atoms with van der Waals surface area (Å²) >= 11 is 5.89. The number of carbonyl (C=O) groups is 1. The lowest BCUT2D eigenvalue weighted by Gasteiger charge is -2.23. The minimum atomic E-state index is -0.0579. The van der Waals surface area contributed by atoms with Gasteiger partial charge in [0.1, 0.15) is 0 Å². The summed E-state index contributed by atoms with van der Waals surface area (Å²) in [5.41, 5.74) is 7.00. The van der Waals surface area contributed by atoms with Crippen LogP contribution >= 0.6 is 11.6 Å². The number of halogens is 1. The molecule has 3 rings (SSSR count). The normalized spacial score (nSPS) is 23.7. The van der Waals surface area contributed by atoms with E-state index in [0.29, 0.717) is 6.54 Å². The smallest absolute Gasteiger partial charge is 0.317 e. The van der Waals surface area contributed by atoms with E-state index in [2.05, 4.69) is 5.32 Å². The molecule has 0 spiro atoms. The van der Waals surface area contributed by atoms with Crippen molar-refractivity contribution in [2.24, 2.45) is 5.73 Å². The van der Waals surface area contributed by atoms with Crippen molar-refractivity contribution in [1.82, 2.24) is 10.2 Å². The Bertz CT molecular complexity index is 498. The Kier molecular flexibility index (Phi) is 3.61. The summed E-state index contributed by atoms with van der Waals surface area (Å²) in [5, 5.41) is 3.94. The molecule has 1 heterocycles. The second-order valence-corrected chi connectivity index (χ2v) is 6.44. The average Bonchev–Trinajstić information content (AvgIpc) is 3.01. The number of benzene rings is 1. The largest absolute Gasteiger partial charge is 0.332 e. The quantitative estimate of drug-likeness (QED) is 0.897. The fraction of sp³-hybridized carbons (Fsp3) is 0.533. The van der Waals surface area contributed by atoms with Gasteiger partial charge in [-0.15, -0.1) is 0 Å². The van der Waals surface area contributed by atoms with Gasteiger partial charge in [0, 0.05) is 29.7 Å². The first-order chi connectivity index (χ1) is 9.56. The summed E-state index contributed by atoms with van der Waals surface area (Å²) in [4.78, 5) is 14.1. The van der Waals surface area contributed by atoms with Gasteiger partial charge in [0.25, 0.3) is 0 Å². The van der Waals surface area contributed by atoms with Crippen LogP contribution in [-0.2, 0) is 6.42 Å². The zero-order valence-electron chi connectivity index (χ0n) is 11.4. The standard InChI is InChI=1S/C15H20ClN3O/c16-12-3-1-11(2-4-12)9-15(6-7-15)18-14(20)19-8-5-13(17)10-19/h1-4,13H,5-10,17H2,(H,18,20). The van der Waals surface area contributed by atoms with Crippen molar-refractivity contribution in [3.05, 3.63) is 34.9 Å². The van der Waals surface area contributed by atoms with Gasteiger partial charge in [0.05, 0.1) is 0 Å². The van der Waals surface area contributed by atoms with E-state index >= 15 is 0 Å². The molecule has 1 aliphatic carbocycles. The number of rotatable bonds is 3. The summed E-state index contributed by atoms with van der Waals surface area (Å²) in [6.45, 7) is 1.44. The zero-order valence-corrected chi connectivity index (χ0v) is 12.2. The average molecular weight is 294 g/mol. The third-order valence-corrected chi connectivity index (χ3v) is 4.45. The highest BCUT2D eigenvalue weighted by atomic mass is 35.5. The van der Waals surface area contributed by atoms with Crippen LogP contribution in [0.15, 0.2) is 24.3 Å². The molecule has 1 saturated heterocycles. The van der Waals surface area contributed by atoms with Crippen LogP contribution in [0.5, 0.6) is 0 Å². The third-order valence-electron chi connectivity index (χ3n) is 4.19. The van der Waals surface area contributed by atoms with Crippen LogP contribution in [0.2, 0.25) is 5.02 Å². The molecule has 20 heavy (non-hydrogen) atoms. The Morgan fingerprint density at radius 3 is 2.65 bits per heavy atom. The molecule has 1 aromatic carbocycles. The monoisotopic (exact) mass is 293 g/mol. The Morgan fingerprint density at radius 1 is 1.40 bits per heavy atom. The van der Waals surface area contributed by atoms with Gasteiger partial charge in [-0.3, -0.25) is 0 Å². The number of likely N-dealkylation sites (tertiary alicyclic amines) is 1. The zero-order chi connectivity index (χ0) is 14.2. The molecule has 0 aromatic heterocycles. The molecule has 5 heteroatoms. The van der Waals surface area contributed by atoms with Gasteiger partial charge in [0.15, 0.2) is 0 Å².